The van der Waals surface area contributed by atoms with Gasteiger partial charge in [-0.25, -0.2) is 0 Å². The van der Waals surface area contributed by atoms with Crippen LogP contribution in [-0.4, -0.2) is 35.3 Å². The van der Waals surface area contributed by atoms with Gasteiger partial charge < -0.3 is 10.2 Å². The predicted octanol–water partition coefficient (Wildman–Crippen LogP) is 1.94. The molecular weight excluding hydrogens is 228 g/mol. The van der Waals surface area contributed by atoms with Gasteiger partial charge in [0.25, 0.3) is 0 Å². The molecule has 104 valence electrons. The summed E-state index contributed by atoms with van der Waals surface area (Å²) in [6.07, 6.45) is 2.57. The molecule has 1 fully saturated rings. The first-order valence-corrected chi connectivity index (χ1v) is 6.87. The molecular formula is C14H26N2O2. The molecule has 0 aromatic rings. The van der Waals surface area contributed by atoms with E-state index in [1.807, 2.05) is 6.92 Å². The van der Waals surface area contributed by atoms with E-state index in [0.29, 0.717) is 6.54 Å². The Bertz CT molecular complexity index is 320. The minimum absolute atomic E-state index is 0.00198. The highest BCUT2D eigenvalue weighted by Crippen LogP contribution is 2.22. The second kappa shape index (κ2) is 5.72. The summed E-state index contributed by atoms with van der Waals surface area (Å²) in [5.41, 5.74) is 0.175. The third kappa shape index (κ3) is 3.72. The quantitative estimate of drug-likeness (QED) is 0.833. The van der Waals surface area contributed by atoms with Crippen LogP contribution >= 0.6 is 0 Å². The normalized spacial score (nSPS) is 25.3. The Morgan fingerprint density at radius 2 is 1.89 bits per heavy atom. The van der Waals surface area contributed by atoms with E-state index in [2.05, 4.69) is 26.1 Å². The smallest absolute Gasteiger partial charge is 0.245 e. The number of carbonyl (C=O) groups excluding carboxylic acids is 2. The van der Waals surface area contributed by atoms with Gasteiger partial charge in [-0.2, -0.15) is 0 Å². The molecule has 0 aromatic carbocycles. The third-order valence-electron chi connectivity index (χ3n) is 3.36. The standard InChI is InChI=1S/C14H26N2O2/c1-6-7-11-12(17)15-10(2)13(18)16(11)9-8-14(3,4)5/h10-11H,6-9H2,1-5H3,(H,15,17). The first kappa shape index (κ1) is 15.0. The van der Waals surface area contributed by atoms with Gasteiger partial charge in [0, 0.05) is 6.54 Å². The molecule has 1 heterocycles. The molecule has 0 radical (unpaired) electrons. The summed E-state index contributed by atoms with van der Waals surface area (Å²) < 4.78 is 0. The number of nitrogens with zero attached hydrogens (tertiary/aromatic N) is 1. The van der Waals surface area contributed by atoms with Crippen LogP contribution in [0.4, 0.5) is 0 Å². The second-order valence-electron chi connectivity index (χ2n) is 6.38. The van der Waals surface area contributed by atoms with E-state index in [0.717, 1.165) is 19.3 Å². The van der Waals surface area contributed by atoms with Crippen molar-refractivity contribution in [1.82, 2.24) is 10.2 Å². The number of rotatable bonds is 4. The number of carbonyl (C=O) groups is 2. The molecule has 0 bridgehead atoms. The summed E-state index contributed by atoms with van der Waals surface area (Å²) in [7, 11) is 0. The lowest BCUT2D eigenvalue weighted by atomic mass is 9.91. The molecule has 0 saturated carbocycles. The van der Waals surface area contributed by atoms with Gasteiger partial charge in [0.15, 0.2) is 0 Å². The summed E-state index contributed by atoms with van der Waals surface area (Å²) in [6, 6.07) is -0.661. The minimum Gasteiger partial charge on any atom is -0.343 e. The second-order valence-corrected chi connectivity index (χ2v) is 6.38. The lowest BCUT2D eigenvalue weighted by molar-refractivity contribution is -0.149. The minimum atomic E-state index is -0.384. The fourth-order valence-electron chi connectivity index (χ4n) is 2.20. The van der Waals surface area contributed by atoms with E-state index >= 15 is 0 Å². The number of nitrogens with one attached hydrogen (secondary N) is 1. The van der Waals surface area contributed by atoms with Crippen molar-refractivity contribution in [3.05, 3.63) is 0 Å². The summed E-state index contributed by atoms with van der Waals surface area (Å²) >= 11 is 0. The van der Waals surface area contributed by atoms with Crippen LogP contribution in [0, 0.1) is 5.41 Å². The predicted molar refractivity (Wildman–Crippen MR) is 72.1 cm³/mol. The average molecular weight is 254 g/mol. The summed E-state index contributed by atoms with van der Waals surface area (Å²) in [4.78, 5) is 25.9. The lowest BCUT2D eigenvalue weighted by Gasteiger charge is -2.39. The summed E-state index contributed by atoms with van der Waals surface area (Å²) in [6.45, 7) is 10.9. The molecule has 1 rings (SSSR count). The Labute approximate surface area is 110 Å². The van der Waals surface area contributed by atoms with E-state index in [9.17, 15) is 9.59 Å². The molecule has 4 heteroatoms. The Hall–Kier alpha value is -1.06. The third-order valence-corrected chi connectivity index (χ3v) is 3.36. The molecule has 1 saturated heterocycles. The van der Waals surface area contributed by atoms with Crippen LogP contribution in [0.15, 0.2) is 0 Å². The number of amides is 2. The molecule has 0 spiro atoms. The highest BCUT2D eigenvalue weighted by molar-refractivity contribution is 5.96. The van der Waals surface area contributed by atoms with Gasteiger partial charge in [-0.15, -0.1) is 0 Å². The number of hydrogen-bond donors (Lipinski definition) is 1. The summed E-state index contributed by atoms with van der Waals surface area (Å²) in [5, 5.41) is 2.76. The zero-order valence-electron chi connectivity index (χ0n) is 12.2. The van der Waals surface area contributed by atoms with Crippen LogP contribution in [0.2, 0.25) is 0 Å². The van der Waals surface area contributed by atoms with Gasteiger partial charge in [-0.3, -0.25) is 9.59 Å². The van der Waals surface area contributed by atoms with Gasteiger partial charge in [0.2, 0.25) is 11.8 Å². The molecule has 0 aliphatic carbocycles. The fraction of sp³-hybridized carbons (Fsp3) is 0.857. The van der Waals surface area contributed by atoms with E-state index in [-0.39, 0.29) is 29.3 Å². The number of hydrogen-bond acceptors (Lipinski definition) is 2. The van der Waals surface area contributed by atoms with Gasteiger partial charge in [0.05, 0.1) is 0 Å². The van der Waals surface area contributed by atoms with Gasteiger partial charge in [-0.05, 0) is 25.2 Å². The van der Waals surface area contributed by atoms with Crippen molar-refractivity contribution in [1.29, 1.82) is 0 Å². The lowest BCUT2D eigenvalue weighted by Crippen LogP contribution is -2.62. The molecule has 0 aromatic heterocycles. The van der Waals surface area contributed by atoms with Gasteiger partial charge >= 0.3 is 0 Å². The van der Waals surface area contributed by atoms with Gasteiger partial charge in [-0.1, -0.05) is 34.1 Å². The molecule has 2 amide bonds. The van der Waals surface area contributed by atoms with Crippen molar-refractivity contribution in [2.24, 2.45) is 5.41 Å². The highest BCUT2D eigenvalue weighted by atomic mass is 16.2. The first-order valence-electron chi connectivity index (χ1n) is 6.87. The molecule has 2 atom stereocenters. The average Bonchev–Trinajstić information content (AvgIpc) is 2.24. The molecule has 2 unspecified atom stereocenters. The maximum Gasteiger partial charge on any atom is 0.245 e. The molecule has 1 aliphatic heterocycles. The van der Waals surface area contributed by atoms with Crippen molar-refractivity contribution in [3.8, 4) is 0 Å². The Balaban J connectivity index is 2.78. The van der Waals surface area contributed by atoms with E-state index in [1.165, 1.54) is 0 Å². The maximum atomic E-state index is 12.2. The van der Waals surface area contributed by atoms with E-state index < -0.39 is 0 Å². The van der Waals surface area contributed by atoms with Crippen LogP contribution < -0.4 is 5.32 Å². The monoisotopic (exact) mass is 254 g/mol. The van der Waals surface area contributed by atoms with E-state index in [4.69, 9.17) is 0 Å². The molecule has 1 N–H and O–H groups in total. The van der Waals surface area contributed by atoms with Crippen molar-refractivity contribution in [3.63, 3.8) is 0 Å². The molecule has 18 heavy (non-hydrogen) atoms. The Morgan fingerprint density at radius 3 is 2.39 bits per heavy atom. The van der Waals surface area contributed by atoms with Crippen molar-refractivity contribution in [2.45, 2.75) is 66.0 Å². The van der Waals surface area contributed by atoms with Crippen molar-refractivity contribution < 1.29 is 9.59 Å². The SMILES string of the molecule is CCCC1C(=O)NC(C)C(=O)N1CCC(C)(C)C. The fourth-order valence-corrected chi connectivity index (χ4v) is 2.20. The highest BCUT2D eigenvalue weighted by Gasteiger charge is 2.37. The topological polar surface area (TPSA) is 49.4 Å². The van der Waals surface area contributed by atoms with E-state index in [1.54, 1.807) is 11.8 Å². The molecule has 4 nitrogen and oxygen atoms in total. The van der Waals surface area contributed by atoms with Crippen molar-refractivity contribution >= 4 is 11.8 Å². The van der Waals surface area contributed by atoms with Crippen LogP contribution in [0.25, 0.3) is 0 Å². The summed E-state index contributed by atoms with van der Waals surface area (Å²) in [5.74, 6) is 0.0511. The first-order chi connectivity index (χ1) is 8.26. The maximum absolute atomic E-state index is 12.2. The van der Waals surface area contributed by atoms with Gasteiger partial charge in [0.1, 0.15) is 12.1 Å². The Morgan fingerprint density at radius 1 is 1.28 bits per heavy atom. The van der Waals surface area contributed by atoms with Crippen molar-refractivity contribution in [2.75, 3.05) is 6.54 Å². The van der Waals surface area contributed by atoms with Crippen LogP contribution in [0.5, 0.6) is 0 Å². The molecule has 1 aliphatic rings. The number of piperazine rings is 1. The largest absolute Gasteiger partial charge is 0.343 e. The van der Waals surface area contributed by atoms with Crippen LogP contribution in [0.1, 0.15) is 53.9 Å². The van der Waals surface area contributed by atoms with Crippen LogP contribution in [0.3, 0.4) is 0 Å². The Kier molecular flexibility index (Phi) is 4.77. The zero-order valence-corrected chi connectivity index (χ0v) is 12.2. The van der Waals surface area contributed by atoms with Crippen LogP contribution in [-0.2, 0) is 9.59 Å². The zero-order chi connectivity index (χ0) is 13.9.